The normalized spacial score (nSPS) is 24.0. The summed E-state index contributed by atoms with van der Waals surface area (Å²) in [6.07, 6.45) is 1.00. The molecule has 3 nitrogen and oxygen atoms in total. The lowest BCUT2D eigenvalue weighted by Crippen LogP contribution is -2.49. The van der Waals surface area contributed by atoms with E-state index >= 15 is 0 Å². The molecule has 0 aromatic heterocycles. The molecule has 1 saturated heterocycles. The van der Waals surface area contributed by atoms with Crippen molar-refractivity contribution in [1.82, 2.24) is 5.32 Å². The Morgan fingerprint density at radius 3 is 2.50 bits per heavy atom. The van der Waals surface area contributed by atoms with Crippen molar-refractivity contribution in [2.45, 2.75) is 27.2 Å². The van der Waals surface area contributed by atoms with Gasteiger partial charge in [-0.15, -0.1) is 0 Å². The number of hydrogen-bond acceptors (Lipinski definition) is 3. The van der Waals surface area contributed by atoms with Crippen LogP contribution in [-0.4, -0.2) is 38.0 Å². The Hall–Kier alpha value is -0.120. The van der Waals surface area contributed by atoms with Crippen LogP contribution in [-0.2, 0) is 4.74 Å². The van der Waals surface area contributed by atoms with Gasteiger partial charge in [0.2, 0.25) is 0 Å². The second kappa shape index (κ2) is 4.60. The Labute approximate surface area is 86.8 Å². The fourth-order valence-electron chi connectivity index (χ4n) is 1.51. The molecule has 0 bridgehead atoms. The zero-order valence-electron chi connectivity index (χ0n) is 9.60. The van der Waals surface area contributed by atoms with Crippen molar-refractivity contribution in [3.63, 3.8) is 0 Å². The number of aliphatic hydroxyl groups excluding tert-OH is 1. The van der Waals surface area contributed by atoms with Gasteiger partial charge in [0.15, 0.2) is 0 Å². The van der Waals surface area contributed by atoms with E-state index in [1.54, 1.807) is 0 Å². The third-order valence-corrected chi connectivity index (χ3v) is 3.24. The Morgan fingerprint density at radius 1 is 1.50 bits per heavy atom. The highest BCUT2D eigenvalue weighted by Gasteiger charge is 2.33. The highest BCUT2D eigenvalue weighted by Crippen LogP contribution is 2.26. The molecule has 0 aromatic rings. The van der Waals surface area contributed by atoms with Crippen LogP contribution in [0.3, 0.4) is 0 Å². The second-order valence-corrected chi connectivity index (χ2v) is 5.23. The van der Waals surface area contributed by atoms with Gasteiger partial charge in [-0.3, -0.25) is 0 Å². The van der Waals surface area contributed by atoms with E-state index in [0.29, 0.717) is 5.41 Å². The van der Waals surface area contributed by atoms with Gasteiger partial charge in [-0.1, -0.05) is 20.8 Å². The van der Waals surface area contributed by atoms with Crippen LogP contribution in [0.4, 0.5) is 0 Å². The van der Waals surface area contributed by atoms with Gasteiger partial charge in [-0.2, -0.15) is 0 Å². The van der Waals surface area contributed by atoms with Crippen LogP contribution in [0.15, 0.2) is 0 Å². The molecule has 84 valence electrons. The van der Waals surface area contributed by atoms with Crippen LogP contribution in [0.5, 0.6) is 0 Å². The zero-order chi connectivity index (χ0) is 10.7. The van der Waals surface area contributed by atoms with Crippen LogP contribution < -0.4 is 5.32 Å². The average Bonchev–Trinajstić information content (AvgIpc) is 2.15. The largest absolute Gasteiger partial charge is 0.396 e. The minimum absolute atomic E-state index is 0.0287. The lowest BCUT2D eigenvalue weighted by molar-refractivity contribution is -0.0999. The molecule has 1 atom stereocenters. The van der Waals surface area contributed by atoms with Gasteiger partial charge in [0.25, 0.3) is 0 Å². The van der Waals surface area contributed by atoms with Crippen LogP contribution >= 0.6 is 0 Å². The number of ether oxygens (including phenoxy) is 1. The molecule has 1 heterocycles. The molecular weight excluding hydrogens is 178 g/mol. The Balaban J connectivity index is 2.19. The molecule has 1 unspecified atom stereocenters. The number of rotatable bonds is 6. The van der Waals surface area contributed by atoms with E-state index in [0.717, 1.165) is 32.7 Å². The van der Waals surface area contributed by atoms with Crippen LogP contribution in [0.2, 0.25) is 0 Å². The second-order valence-electron chi connectivity index (χ2n) is 5.23. The third-order valence-electron chi connectivity index (χ3n) is 3.24. The molecule has 2 N–H and O–H groups in total. The molecule has 1 aliphatic rings. The predicted octanol–water partition coefficient (Wildman–Crippen LogP) is 1.02. The topological polar surface area (TPSA) is 41.5 Å². The van der Waals surface area contributed by atoms with E-state index in [9.17, 15) is 5.11 Å². The van der Waals surface area contributed by atoms with Crippen molar-refractivity contribution in [1.29, 1.82) is 0 Å². The first-order chi connectivity index (χ1) is 6.54. The van der Waals surface area contributed by atoms with Crippen molar-refractivity contribution in [2.24, 2.45) is 10.8 Å². The molecule has 14 heavy (non-hydrogen) atoms. The van der Waals surface area contributed by atoms with Gasteiger partial charge in [-0.05, 0) is 6.42 Å². The first-order valence-electron chi connectivity index (χ1n) is 5.43. The van der Waals surface area contributed by atoms with Gasteiger partial charge >= 0.3 is 0 Å². The summed E-state index contributed by atoms with van der Waals surface area (Å²) >= 11 is 0. The standard InChI is InChI=1S/C11H23NO2/c1-4-10(2,7-13)5-12-6-11(3)8-14-9-11/h12-13H,4-9H2,1-3H3. The van der Waals surface area contributed by atoms with Crippen LogP contribution in [0, 0.1) is 10.8 Å². The monoisotopic (exact) mass is 201 g/mol. The van der Waals surface area contributed by atoms with E-state index < -0.39 is 0 Å². The van der Waals surface area contributed by atoms with Gasteiger partial charge in [0, 0.05) is 30.5 Å². The van der Waals surface area contributed by atoms with Gasteiger partial charge in [0.1, 0.15) is 0 Å². The SMILES string of the molecule is CCC(C)(CO)CNCC1(C)COC1. The molecule has 0 amide bonds. The summed E-state index contributed by atoms with van der Waals surface area (Å²) in [5.41, 5.74) is 0.352. The molecule has 0 saturated carbocycles. The summed E-state index contributed by atoms with van der Waals surface area (Å²) in [6, 6.07) is 0. The molecule has 0 aliphatic carbocycles. The molecule has 0 aromatic carbocycles. The molecule has 0 spiro atoms. The highest BCUT2D eigenvalue weighted by molar-refractivity contribution is 4.84. The average molecular weight is 201 g/mol. The maximum absolute atomic E-state index is 9.22. The third kappa shape index (κ3) is 2.94. The molecular formula is C11H23NO2. The van der Waals surface area contributed by atoms with Crippen molar-refractivity contribution in [3.8, 4) is 0 Å². The first kappa shape index (κ1) is 12.0. The molecule has 1 fully saturated rings. The Bertz CT molecular complexity index is 174. The number of aliphatic hydroxyl groups is 1. The zero-order valence-corrected chi connectivity index (χ0v) is 9.60. The lowest BCUT2D eigenvalue weighted by Gasteiger charge is -2.39. The van der Waals surface area contributed by atoms with E-state index in [4.69, 9.17) is 4.74 Å². The number of nitrogens with one attached hydrogen (secondary N) is 1. The summed E-state index contributed by atoms with van der Waals surface area (Å²) in [6.45, 7) is 10.3. The lowest BCUT2D eigenvalue weighted by atomic mass is 9.86. The predicted molar refractivity (Wildman–Crippen MR) is 57.3 cm³/mol. The maximum Gasteiger partial charge on any atom is 0.0554 e. The van der Waals surface area contributed by atoms with Gasteiger partial charge < -0.3 is 15.2 Å². The first-order valence-corrected chi connectivity index (χ1v) is 5.43. The smallest absolute Gasteiger partial charge is 0.0554 e. The maximum atomic E-state index is 9.22. The molecule has 3 heteroatoms. The molecule has 1 aliphatic heterocycles. The summed E-state index contributed by atoms with van der Waals surface area (Å²) in [7, 11) is 0. The highest BCUT2D eigenvalue weighted by atomic mass is 16.5. The molecule has 0 radical (unpaired) electrons. The summed E-state index contributed by atoms with van der Waals surface area (Å²) < 4.78 is 5.18. The fraction of sp³-hybridized carbons (Fsp3) is 1.00. The minimum Gasteiger partial charge on any atom is -0.396 e. The van der Waals surface area contributed by atoms with Crippen molar-refractivity contribution >= 4 is 0 Å². The van der Waals surface area contributed by atoms with E-state index in [2.05, 4.69) is 26.1 Å². The number of hydrogen-bond donors (Lipinski definition) is 2. The van der Waals surface area contributed by atoms with Crippen molar-refractivity contribution in [3.05, 3.63) is 0 Å². The Morgan fingerprint density at radius 2 is 2.14 bits per heavy atom. The van der Waals surface area contributed by atoms with Gasteiger partial charge in [0.05, 0.1) is 13.2 Å². The summed E-state index contributed by atoms with van der Waals surface area (Å²) in [5, 5.41) is 12.7. The van der Waals surface area contributed by atoms with Crippen molar-refractivity contribution in [2.75, 3.05) is 32.9 Å². The quantitative estimate of drug-likeness (QED) is 0.674. The minimum atomic E-state index is 0.0287. The van der Waals surface area contributed by atoms with Crippen LogP contribution in [0.25, 0.3) is 0 Å². The molecule has 1 rings (SSSR count). The van der Waals surface area contributed by atoms with E-state index in [1.165, 1.54) is 0 Å². The van der Waals surface area contributed by atoms with E-state index in [-0.39, 0.29) is 12.0 Å². The van der Waals surface area contributed by atoms with E-state index in [1.807, 2.05) is 0 Å². The summed E-state index contributed by atoms with van der Waals surface area (Å²) in [5.74, 6) is 0. The Kier molecular flexibility index (Phi) is 3.93. The van der Waals surface area contributed by atoms with Gasteiger partial charge in [-0.25, -0.2) is 0 Å². The van der Waals surface area contributed by atoms with Crippen LogP contribution in [0.1, 0.15) is 27.2 Å². The summed E-state index contributed by atoms with van der Waals surface area (Å²) in [4.78, 5) is 0. The fourth-order valence-corrected chi connectivity index (χ4v) is 1.51. The van der Waals surface area contributed by atoms with Crippen molar-refractivity contribution < 1.29 is 9.84 Å².